The number of aryl methyl sites for hydroxylation is 1. The summed E-state index contributed by atoms with van der Waals surface area (Å²) in [7, 11) is -2.07. The number of nitrogens with one attached hydrogen (secondary N) is 1. The van der Waals surface area contributed by atoms with Gasteiger partial charge in [-0.2, -0.15) is 0 Å². The van der Waals surface area contributed by atoms with Crippen molar-refractivity contribution in [2.75, 3.05) is 13.6 Å². The Morgan fingerprint density at radius 1 is 1.14 bits per heavy atom. The van der Waals surface area contributed by atoms with Crippen LogP contribution < -0.4 is 4.72 Å². The van der Waals surface area contributed by atoms with Crippen LogP contribution in [0.25, 0.3) is 0 Å². The van der Waals surface area contributed by atoms with E-state index in [1.54, 1.807) is 12.1 Å². The number of sulfonamides is 1. The Kier molecular flexibility index (Phi) is 4.79. The van der Waals surface area contributed by atoms with Crippen LogP contribution in [0.2, 0.25) is 0 Å². The molecular weight excluding hydrogens is 372 g/mol. The Balaban J connectivity index is 1.64. The van der Waals surface area contributed by atoms with E-state index in [4.69, 9.17) is 0 Å². The highest BCUT2D eigenvalue weighted by atomic mass is 32.2. The van der Waals surface area contributed by atoms with Gasteiger partial charge in [0.05, 0.1) is 10.3 Å². The molecule has 0 saturated heterocycles. The van der Waals surface area contributed by atoms with Crippen LogP contribution in [0.15, 0.2) is 47.4 Å². The molecule has 4 rings (SSSR count). The minimum Gasteiger partial charge on any atom is -0.337 e. The van der Waals surface area contributed by atoms with Crippen molar-refractivity contribution < 1.29 is 13.2 Å². The van der Waals surface area contributed by atoms with Crippen molar-refractivity contribution in [3.8, 4) is 0 Å². The van der Waals surface area contributed by atoms with Gasteiger partial charge in [-0.05, 0) is 56.0 Å². The first kappa shape index (κ1) is 19.2. The molecule has 1 N–H and O–H groups in total. The lowest BCUT2D eigenvalue weighted by atomic mass is 9.63. The maximum Gasteiger partial charge on any atom is 0.240 e. The van der Waals surface area contributed by atoms with E-state index in [9.17, 15) is 13.2 Å². The number of carbonyl (C=O) groups excluding carboxylic acids is 1. The predicted octanol–water partition coefficient (Wildman–Crippen LogP) is 2.91. The van der Waals surface area contributed by atoms with Gasteiger partial charge in [0.2, 0.25) is 15.9 Å². The van der Waals surface area contributed by atoms with Crippen molar-refractivity contribution in [2.45, 2.75) is 49.5 Å². The molecule has 1 aliphatic carbocycles. The standard InChI is InChI=1S/C22H26N2O3S/c1-16-6-3-8-18(14-16)22(11-5-12-22)21(25)24-13-10-19-17(15-24)7-4-9-20(19)28(26,27)23-2/h3-4,6-9,14,23H,5,10-13,15H2,1-2H3. The van der Waals surface area contributed by atoms with E-state index in [1.165, 1.54) is 12.6 Å². The van der Waals surface area contributed by atoms with Crippen molar-refractivity contribution >= 4 is 15.9 Å². The molecule has 0 aromatic heterocycles. The highest BCUT2D eigenvalue weighted by molar-refractivity contribution is 7.89. The Labute approximate surface area is 166 Å². The number of amides is 1. The van der Waals surface area contributed by atoms with E-state index in [0.717, 1.165) is 36.0 Å². The average molecular weight is 399 g/mol. The van der Waals surface area contributed by atoms with E-state index >= 15 is 0 Å². The molecule has 0 atom stereocenters. The second kappa shape index (κ2) is 7.01. The highest BCUT2D eigenvalue weighted by Gasteiger charge is 2.48. The Bertz CT molecular complexity index is 1030. The van der Waals surface area contributed by atoms with Crippen LogP contribution >= 0.6 is 0 Å². The van der Waals surface area contributed by atoms with E-state index in [1.807, 2.05) is 17.0 Å². The van der Waals surface area contributed by atoms with Gasteiger partial charge in [0.25, 0.3) is 0 Å². The molecule has 6 heteroatoms. The average Bonchev–Trinajstić information content (AvgIpc) is 2.66. The SMILES string of the molecule is CNS(=O)(=O)c1cccc2c1CCN(C(=O)C1(c3cccc(C)c3)CCC1)C2. The molecule has 0 spiro atoms. The van der Waals surface area contributed by atoms with Crippen LogP contribution in [0.3, 0.4) is 0 Å². The molecule has 1 aliphatic heterocycles. The Morgan fingerprint density at radius 3 is 2.54 bits per heavy atom. The molecule has 1 amide bonds. The van der Waals surface area contributed by atoms with Crippen LogP contribution in [0, 0.1) is 6.92 Å². The first-order chi connectivity index (χ1) is 13.4. The minimum absolute atomic E-state index is 0.178. The maximum absolute atomic E-state index is 13.6. The zero-order chi connectivity index (χ0) is 19.9. The smallest absolute Gasteiger partial charge is 0.240 e. The van der Waals surface area contributed by atoms with Gasteiger partial charge in [-0.3, -0.25) is 4.79 Å². The minimum atomic E-state index is -3.50. The lowest BCUT2D eigenvalue weighted by Gasteiger charge is -2.45. The van der Waals surface area contributed by atoms with E-state index in [2.05, 4.69) is 29.8 Å². The van der Waals surface area contributed by atoms with Gasteiger partial charge < -0.3 is 4.90 Å². The molecule has 5 nitrogen and oxygen atoms in total. The molecule has 2 aromatic rings. The number of rotatable bonds is 4. The fourth-order valence-corrected chi connectivity index (χ4v) is 5.55. The van der Waals surface area contributed by atoms with Crippen molar-refractivity contribution in [1.82, 2.24) is 9.62 Å². The third-order valence-electron chi connectivity index (χ3n) is 6.26. The van der Waals surface area contributed by atoms with Crippen molar-refractivity contribution in [3.05, 3.63) is 64.7 Å². The third-order valence-corrected chi connectivity index (χ3v) is 7.75. The largest absolute Gasteiger partial charge is 0.337 e. The Morgan fingerprint density at radius 2 is 1.89 bits per heavy atom. The van der Waals surface area contributed by atoms with E-state index in [0.29, 0.717) is 24.4 Å². The summed E-state index contributed by atoms with van der Waals surface area (Å²) in [6.45, 7) is 3.08. The van der Waals surface area contributed by atoms with Crippen molar-refractivity contribution in [2.24, 2.45) is 0 Å². The topological polar surface area (TPSA) is 66.5 Å². The summed E-state index contributed by atoms with van der Waals surface area (Å²) in [6.07, 6.45) is 3.39. The third kappa shape index (κ3) is 3.05. The van der Waals surface area contributed by atoms with Crippen LogP contribution in [0.1, 0.15) is 41.5 Å². The monoisotopic (exact) mass is 398 g/mol. The molecule has 0 radical (unpaired) electrons. The number of benzene rings is 2. The summed E-state index contributed by atoms with van der Waals surface area (Å²) in [5.74, 6) is 0.178. The first-order valence-electron chi connectivity index (χ1n) is 9.78. The lowest BCUT2D eigenvalue weighted by molar-refractivity contribution is -0.142. The molecule has 0 bridgehead atoms. The maximum atomic E-state index is 13.6. The quantitative estimate of drug-likeness (QED) is 0.861. The molecule has 28 heavy (non-hydrogen) atoms. The first-order valence-corrected chi connectivity index (χ1v) is 11.3. The summed E-state index contributed by atoms with van der Waals surface area (Å²) in [5.41, 5.74) is 3.62. The van der Waals surface area contributed by atoms with E-state index < -0.39 is 15.4 Å². The van der Waals surface area contributed by atoms with Crippen molar-refractivity contribution in [1.29, 1.82) is 0 Å². The van der Waals surface area contributed by atoms with E-state index in [-0.39, 0.29) is 5.91 Å². The number of carbonyl (C=O) groups is 1. The summed E-state index contributed by atoms with van der Waals surface area (Å²) in [4.78, 5) is 15.8. The summed E-state index contributed by atoms with van der Waals surface area (Å²) in [5, 5.41) is 0. The van der Waals surface area contributed by atoms with Gasteiger partial charge in [-0.1, -0.05) is 48.4 Å². The van der Waals surface area contributed by atoms with Crippen LogP contribution in [-0.2, 0) is 33.2 Å². The molecule has 1 fully saturated rings. The zero-order valence-corrected chi connectivity index (χ0v) is 17.2. The predicted molar refractivity (Wildman–Crippen MR) is 109 cm³/mol. The van der Waals surface area contributed by atoms with Gasteiger partial charge in [-0.15, -0.1) is 0 Å². The normalized spacial score (nSPS) is 18.3. The highest BCUT2D eigenvalue weighted by Crippen LogP contribution is 2.46. The number of hydrogen-bond acceptors (Lipinski definition) is 3. The lowest BCUT2D eigenvalue weighted by Crippen LogP contribution is -2.52. The number of hydrogen-bond donors (Lipinski definition) is 1. The molecule has 148 valence electrons. The van der Waals surface area contributed by atoms with Gasteiger partial charge in [0.15, 0.2) is 0 Å². The van der Waals surface area contributed by atoms with Crippen LogP contribution in [0.5, 0.6) is 0 Å². The van der Waals surface area contributed by atoms with Gasteiger partial charge in [0, 0.05) is 13.1 Å². The van der Waals surface area contributed by atoms with Gasteiger partial charge in [0.1, 0.15) is 0 Å². The summed E-state index contributed by atoms with van der Waals surface area (Å²) in [6, 6.07) is 13.6. The number of nitrogens with zero attached hydrogens (tertiary/aromatic N) is 1. The number of fused-ring (bicyclic) bond motifs is 1. The second-order valence-electron chi connectivity index (χ2n) is 7.88. The zero-order valence-electron chi connectivity index (χ0n) is 16.4. The van der Waals surface area contributed by atoms with Crippen LogP contribution in [0.4, 0.5) is 0 Å². The van der Waals surface area contributed by atoms with Crippen molar-refractivity contribution in [3.63, 3.8) is 0 Å². The van der Waals surface area contributed by atoms with Gasteiger partial charge >= 0.3 is 0 Å². The second-order valence-corrected chi connectivity index (χ2v) is 9.74. The molecule has 1 saturated carbocycles. The fourth-order valence-electron chi connectivity index (χ4n) is 4.51. The Hall–Kier alpha value is -2.18. The molecular formula is C22H26N2O3S. The molecule has 1 heterocycles. The summed E-state index contributed by atoms with van der Waals surface area (Å²) >= 11 is 0. The molecule has 0 unspecified atom stereocenters. The van der Waals surface area contributed by atoms with Crippen LogP contribution in [-0.4, -0.2) is 32.8 Å². The summed E-state index contributed by atoms with van der Waals surface area (Å²) < 4.78 is 27.1. The fraction of sp³-hybridized carbons (Fsp3) is 0.409. The van der Waals surface area contributed by atoms with Gasteiger partial charge in [-0.25, -0.2) is 13.1 Å². The molecule has 2 aliphatic rings. The molecule has 2 aromatic carbocycles.